The number of ether oxygens (including phenoxy) is 1. The van der Waals surface area contributed by atoms with Crippen molar-refractivity contribution in [3.05, 3.63) is 64.1 Å². The average molecular weight is 464 g/mol. The van der Waals surface area contributed by atoms with Gasteiger partial charge >= 0.3 is 0 Å². The van der Waals surface area contributed by atoms with Gasteiger partial charge in [0.1, 0.15) is 5.75 Å². The third-order valence-electron chi connectivity index (χ3n) is 3.69. The van der Waals surface area contributed by atoms with Gasteiger partial charge in [0.25, 0.3) is 5.91 Å². The normalized spacial score (nSPS) is 10.1. The fraction of sp³-hybridized carbons (Fsp3) is 0.250. The molecule has 0 atom stereocenters. The number of thiocarbonyl (C=S) groups is 1. The monoisotopic (exact) mass is 463 g/mol. The first-order valence-electron chi connectivity index (χ1n) is 8.86. The second-order valence-electron chi connectivity index (χ2n) is 5.96. The van der Waals surface area contributed by atoms with Gasteiger partial charge in [-0.1, -0.05) is 59.6 Å². The van der Waals surface area contributed by atoms with Crippen molar-refractivity contribution in [1.82, 2.24) is 16.2 Å². The Hall–Kier alpha value is -2.45. The van der Waals surface area contributed by atoms with Crippen molar-refractivity contribution in [2.75, 3.05) is 6.61 Å². The average Bonchev–Trinajstić information content (AvgIpc) is 2.68. The summed E-state index contributed by atoms with van der Waals surface area (Å²) in [5.74, 6) is -0.221. The van der Waals surface area contributed by atoms with Gasteiger partial charge in [-0.2, -0.15) is 0 Å². The molecule has 0 saturated heterocycles. The van der Waals surface area contributed by atoms with Crippen LogP contribution in [0.4, 0.5) is 0 Å². The van der Waals surface area contributed by atoms with Crippen LogP contribution in [0.2, 0.25) is 0 Å². The molecule has 0 fully saturated rings. The summed E-state index contributed by atoms with van der Waals surface area (Å²) in [5.41, 5.74) is 6.23. The molecule has 2 aromatic carbocycles. The number of rotatable bonds is 7. The lowest BCUT2D eigenvalue weighted by atomic mass is 10.1. The number of hydrazine groups is 1. The SMILES string of the molecule is CCCCOc1ccc(Br)cc1C(=O)NC(=S)NNC(=O)Cc1ccccc1. The van der Waals surface area contributed by atoms with Crippen molar-refractivity contribution in [3.8, 4) is 5.75 Å². The smallest absolute Gasteiger partial charge is 0.261 e. The minimum absolute atomic E-state index is 0.00843. The van der Waals surface area contributed by atoms with E-state index >= 15 is 0 Å². The van der Waals surface area contributed by atoms with Gasteiger partial charge in [-0.15, -0.1) is 0 Å². The predicted molar refractivity (Wildman–Crippen MR) is 116 cm³/mol. The van der Waals surface area contributed by atoms with Crippen LogP contribution in [0.3, 0.4) is 0 Å². The molecule has 2 rings (SSSR count). The molecule has 0 aromatic heterocycles. The maximum atomic E-state index is 12.5. The van der Waals surface area contributed by atoms with Gasteiger partial charge in [0.05, 0.1) is 18.6 Å². The molecule has 8 heteroatoms. The molecule has 28 heavy (non-hydrogen) atoms. The zero-order chi connectivity index (χ0) is 20.4. The van der Waals surface area contributed by atoms with Crippen LogP contribution in [0.25, 0.3) is 0 Å². The van der Waals surface area contributed by atoms with Gasteiger partial charge in [-0.05, 0) is 42.4 Å². The van der Waals surface area contributed by atoms with E-state index in [0.717, 1.165) is 22.9 Å². The third-order valence-corrected chi connectivity index (χ3v) is 4.39. The number of carbonyl (C=O) groups excluding carboxylic acids is 2. The molecule has 2 aromatic rings. The van der Waals surface area contributed by atoms with Crippen LogP contribution >= 0.6 is 28.1 Å². The summed E-state index contributed by atoms with van der Waals surface area (Å²) in [6, 6.07) is 14.5. The number of amides is 2. The minimum Gasteiger partial charge on any atom is -0.493 e. The topological polar surface area (TPSA) is 79.5 Å². The third kappa shape index (κ3) is 7.28. The van der Waals surface area contributed by atoms with E-state index < -0.39 is 5.91 Å². The van der Waals surface area contributed by atoms with E-state index in [2.05, 4.69) is 39.0 Å². The second kappa shape index (κ2) is 11.4. The molecule has 0 aliphatic carbocycles. The number of benzene rings is 2. The molecule has 0 saturated carbocycles. The first kappa shape index (κ1) is 21.8. The van der Waals surface area contributed by atoms with Crippen molar-refractivity contribution in [2.24, 2.45) is 0 Å². The van der Waals surface area contributed by atoms with E-state index in [9.17, 15) is 9.59 Å². The quantitative estimate of drug-likeness (QED) is 0.332. The highest BCUT2D eigenvalue weighted by atomic mass is 79.9. The van der Waals surface area contributed by atoms with Crippen molar-refractivity contribution in [3.63, 3.8) is 0 Å². The van der Waals surface area contributed by atoms with Crippen molar-refractivity contribution < 1.29 is 14.3 Å². The number of unbranched alkanes of at least 4 members (excludes halogenated alkanes) is 1. The zero-order valence-corrected chi connectivity index (χ0v) is 17.9. The highest BCUT2D eigenvalue weighted by molar-refractivity contribution is 9.10. The predicted octanol–water partition coefficient (Wildman–Crippen LogP) is 3.51. The van der Waals surface area contributed by atoms with Gasteiger partial charge in [0, 0.05) is 4.47 Å². The summed E-state index contributed by atoms with van der Waals surface area (Å²) in [6.45, 7) is 2.59. The van der Waals surface area contributed by atoms with Gasteiger partial charge in [-0.3, -0.25) is 25.8 Å². The van der Waals surface area contributed by atoms with Crippen LogP contribution in [-0.4, -0.2) is 23.5 Å². The largest absolute Gasteiger partial charge is 0.493 e. The van der Waals surface area contributed by atoms with Crippen molar-refractivity contribution in [1.29, 1.82) is 0 Å². The van der Waals surface area contributed by atoms with Crippen LogP contribution in [-0.2, 0) is 11.2 Å². The summed E-state index contributed by atoms with van der Waals surface area (Å²) in [5, 5.41) is 2.53. The van der Waals surface area contributed by atoms with E-state index in [0.29, 0.717) is 17.9 Å². The highest BCUT2D eigenvalue weighted by Gasteiger charge is 2.15. The number of hydrogen-bond donors (Lipinski definition) is 3. The molecule has 2 amide bonds. The molecule has 0 aliphatic heterocycles. The Morgan fingerprint density at radius 3 is 2.57 bits per heavy atom. The lowest BCUT2D eigenvalue weighted by Gasteiger charge is -2.14. The molecule has 0 radical (unpaired) electrons. The van der Waals surface area contributed by atoms with Gasteiger partial charge in [0.2, 0.25) is 5.91 Å². The van der Waals surface area contributed by atoms with Gasteiger partial charge in [-0.25, -0.2) is 0 Å². The van der Waals surface area contributed by atoms with Crippen molar-refractivity contribution >= 4 is 45.1 Å². The number of nitrogens with one attached hydrogen (secondary N) is 3. The van der Waals surface area contributed by atoms with E-state index in [1.54, 1.807) is 18.2 Å². The Kier molecular flexibility index (Phi) is 8.90. The zero-order valence-electron chi connectivity index (χ0n) is 15.5. The number of halogens is 1. The van der Waals surface area contributed by atoms with Crippen LogP contribution < -0.4 is 20.9 Å². The van der Waals surface area contributed by atoms with Gasteiger partial charge < -0.3 is 4.74 Å². The van der Waals surface area contributed by atoms with Gasteiger partial charge in [0.15, 0.2) is 5.11 Å². The fourth-order valence-corrected chi connectivity index (χ4v) is 2.79. The Labute approximate surface area is 178 Å². The van der Waals surface area contributed by atoms with E-state index in [-0.39, 0.29) is 17.4 Å². The number of carbonyl (C=O) groups is 2. The highest BCUT2D eigenvalue weighted by Crippen LogP contribution is 2.23. The van der Waals surface area contributed by atoms with Crippen LogP contribution in [0.5, 0.6) is 5.75 Å². The Morgan fingerprint density at radius 1 is 1.11 bits per heavy atom. The van der Waals surface area contributed by atoms with Crippen LogP contribution in [0.15, 0.2) is 53.0 Å². The molecular formula is C20H22BrN3O3S. The van der Waals surface area contributed by atoms with E-state index in [1.165, 1.54) is 0 Å². The molecule has 0 spiro atoms. The summed E-state index contributed by atoms with van der Waals surface area (Å²) in [6.07, 6.45) is 2.09. The Bertz CT molecular complexity index is 831. The fourth-order valence-electron chi connectivity index (χ4n) is 2.29. The first-order valence-corrected chi connectivity index (χ1v) is 10.1. The van der Waals surface area contributed by atoms with Crippen LogP contribution in [0.1, 0.15) is 35.7 Å². The van der Waals surface area contributed by atoms with E-state index in [1.807, 2.05) is 30.3 Å². The maximum absolute atomic E-state index is 12.5. The Balaban J connectivity index is 1.88. The summed E-state index contributed by atoms with van der Waals surface area (Å²) >= 11 is 8.44. The molecule has 148 valence electrons. The second-order valence-corrected chi connectivity index (χ2v) is 7.29. The molecular weight excluding hydrogens is 442 g/mol. The van der Waals surface area contributed by atoms with E-state index in [4.69, 9.17) is 17.0 Å². The molecule has 0 unspecified atom stereocenters. The molecule has 0 aliphatic rings. The molecule has 6 nitrogen and oxygen atoms in total. The molecule has 3 N–H and O–H groups in total. The summed E-state index contributed by atoms with van der Waals surface area (Å²) in [4.78, 5) is 24.5. The maximum Gasteiger partial charge on any atom is 0.261 e. The summed E-state index contributed by atoms with van der Waals surface area (Å²) < 4.78 is 6.43. The molecule has 0 bridgehead atoms. The lowest BCUT2D eigenvalue weighted by Crippen LogP contribution is -2.48. The standard InChI is InChI=1S/C20H22BrN3O3S/c1-2-3-11-27-17-10-9-15(21)13-16(17)19(26)22-20(28)24-23-18(25)12-14-7-5-4-6-8-14/h4-10,13H,2-3,11-12H2,1H3,(H,23,25)(H2,22,24,26,28). The van der Waals surface area contributed by atoms with Crippen molar-refractivity contribution in [2.45, 2.75) is 26.2 Å². The lowest BCUT2D eigenvalue weighted by molar-refractivity contribution is -0.121. The Morgan fingerprint density at radius 2 is 1.86 bits per heavy atom. The number of hydrogen-bond acceptors (Lipinski definition) is 4. The first-order chi connectivity index (χ1) is 13.5. The van der Waals surface area contributed by atoms with Crippen LogP contribution in [0, 0.1) is 0 Å². The minimum atomic E-state index is -0.428. The molecule has 0 heterocycles. The summed E-state index contributed by atoms with van der Waals surface area (Å²) in [7, 11) is 0.